The molecule has 0 spiro atoms. The van der Waals surface area contributed by atoms with E-state index < -0.39 is 5.41 Å². The number of hydrogen-bond donors (Lipinski definition) is 0. The van der Waals surface area contributed by atoms with E-state index in [0.29, 0.717) is 17.5 Å². The third-order valence-corrected chi connectivity index (χ3v) is 11.8. The lowest BCUT2D eigenvalue weighted by Gasteiger charge is -2.30. The van der Waals surface area contributed by atoms with Crippen LogP contribution in [0.3, 0.4) is 0 Å². The molecule has 0 aliphatic heterocycles. The Labute approximate surface area is 325 Å². The number of rotatable bonds is 5. The number of aromatic nitrogens is 3. The average Bonchev–Trinajstić information content (AvgIpc) is 3.55. The third-order valence-electron chi connectivity index (χ3n) is 11.8. The molecule has 1 aliphatic carbocycles. The number of hydrogen-bond acceptors (Lipinski definition) is 3. The number of nitrogens with zero attached hydrogens (tertiary/aromatic N) is 3. The fraction of sp³-hybridized carbons (Fsp3) is 0.0377. The van der Waals surface area contributed by atoms with Gasteiger partial charge in [-0.15, -0.1) is 0 Å². The number of benzene rings is 9. The highest BCUT2D eigenvalue weighted by molar-refractivity contribution is 6.20. The van der Waals surface area contributed by atoms with Crippen molar-refractivity contribution in [1.29, 1.82) is 0 Å². The Morgan fingerprint density at radius 2 is 0.929 bits per heavy atom. The molecule has 0 fully saturated rings. The molecule has 3 nitrogen and oxygen atoms in total. The second-order valence-electron chi connectivity index (χ2n) is 14.9. The van der Waals surface area contributed by atoms with Crippen LogP contribution in [0.25, 0.3) is 88.7 Å². The van der Waals surface area contributed by atoms with Gasteiger partial charge in [-0.05, 0) is 84.3 Å². The van der Waals surface area contributed by atoms with Crippen molar-refractivity contribution in [3.05, 3.63) is 211 Å². The lowest BCUT2D eigenvalue weighted by Crippen LogP contribution is -2.23. The highest BCUT2D eigenvalue weighted by atomic mass is 15.0. The highest BCUT2D eigenvalue weighted by Crippen LogP contribution is 2.55. The molecular weight excluding hydrogens is 679 g/mol. The Hall–Kier alpha value is -7.23. The minimum Gasteiger partial charge on any atom is -0.208 e. The first kappa shape index (κ1) is 32.2. The van der Waals surface area contributed by atoms with Crippen molar-refractivity contribution in [3.63, 3.8) is 0 Å². The van der Waals surface area contributed by atoms with Crippen molar-refractivity contribution < 1.29 is 0 Å². The smallest absolute Gasteiger partial charge is 0.164 e. The molecule has 0 N–H and O–H groups in total. The van der Waals surface area contributed by atoms with Crippen molar-refractivity contribution in [1.82, 2.24) is 15.0 Å². The quantitative estimate of drug-likeness (QED) is 0.132. The molecule has 3 heteroatoms. The van der Waals surface area contributed by atoms with Crippen LogP contribution in [-0.4, -0.2) is 15.0 Å². The van der Waals surface area contributed by atoms with Gasteiger partial charge in [0.05, 0.1) is 0 Å². The van der Waals surface area contributed by atoms with E-state index in [-0.39, 0.29) is 0 Å². The largest absolute Gasteiger partial charge is 0.208 e. The van der Waals surface area contributed by atoms with Gasteiger partial charge >= 0.3 is 0 Å². The molecule has 9 aromatic carbocycles. The van der Waals surface area contributed by atoms with Crippen LogP contribution in [0.15, 0.2) is 194 Å². The van der Waals surface area contributed by atoms with Crippen LogP contribution in [0.1, 0.15) is 23.6 Å². The van der Waals surface area contributed by atoms with Crippen LogP contribution >= 0.6 is 0 Å². The molecule has 0 radical (unpaired) electrons. The monoisotopic (exact) mass is 713 g/mol. The summed E-state index contributed by atoms with van der Waals surface area (Å²) in [4.78, 5) is 15.7. The first-order chi connectivity index (χ1) is 27.6. The minimum atomic E-state index is -0.405. The molecule has 56 heavy (non-hydrogen) atoms. The van der Waals surface area contributed by atoms with Crippen molar-refractivity contribution in [3.8, 4) is 56.4 Å². The summed E-state index contributed by atoms with van der Waals surface area (Å²) in [5.74, 6) is 1.96. The average molecular weight is 714 g/mol. The normalized spacial score (nSPS) is 14.6. The molecule has 11 rings (SSSR count). The Bertz CT molecular complexity index is 3130. The minimum absolute atomic E-state index is 0.405. The van der Waals surface area contributed by atoms with Gasteiger partial charge in [-0.3, -0.25) is 0 Å². The summed E-state index contributed by atoms with van der Waals surface area (Å²) in [7, 11) is 0. The van der Waals surface area contributed by atoms with Gasteiger partial charge in [0.25, 0.3) is 0 Å². The molecule has 0 bridgehead atoms. The zero-order valence-corrected chi connectivity index (χ0v) is 30.8. The molecular formula is C53H35N3. The molecule has 1 atom stereocenters. The van der Waals surface area contributed by atoms with Gasteiger partial charge in [0.2, 0.25) is 0 Å². The first-order valence-corrected chi connectivity index (χ1v) is 19.2. The molecule has 1 aromatic heterocycles. The van der Waals surface area contributed by atoms with Gasteiger partial charge in [0.15, 0.2) is 17.5 Å². The fourth-order valence-corrected chi connectivity index (χ4v) is 9.12. The second-order valence-corrected chi connectivity index (χ2v) is 14.9. The second kappa shape index (κ2) is 12.7. The van der Waals surface area contributed by atoms with Gasteiger partial charge in [0.1, 0.15) is 0 Å². The molecule has 262 valence electrons. The van der Waals surface area contributed by atoms with Gasteiger partial charge in [0, 0.05) is 22.1 Å². The Morgan fingerprint density at radius 1 is 0.357 bits per heavy atom. The fourth-order valence-electron chi connectivity index (χ4n) is 9.12. The Kier molecular flexibility index (Phi) is 7.30. The van der Waals surface area contributed by atoms with E-state index in [4.69, 9.17) is 15.0 Å². The summed E-state index contributed by atoms with van der Waals surface area (Å²) in [5.41, 5.74) is 11.1. The third kappa shape index (κ3) is 4.94. The topological polar surface area (TPSA) is 38.7 Å². The van der Waals surface area contributed by atoms with Crippen LogP contribution < -0.4 is 0 Å². The standard InChI is InChI=1S/C53H35N3/c1-53(39-19-6-3-7-20-39)47-26-13-12-23-42(47)44-24-14-25-45(49(44)53)52-55-50(36-16-4-2-5-17-36)54-51(56-52)37-29-27-35(28-30-37)48-41-22-11-9-18-38(41)33-46-40-21-10-8-15-34(40)31-32-43(46)48/h2-33H,1H3. The van der Waals surface area contributed by atoms with E-state index in [1.165, 1.54) is 65.7 Å². The van der Waals surface area contributed by atoms with Gasteiger partial charge < -0.3 is 0 Å². The van der Waals surface area contributed by atoms with E-state index in [2.05, 4.69) is 183 Å². The van der Waals surface area contributed by atoms with Crippen LogP contribution in [0.2, 0.25) is 0 Å². The molecule has 0 saturated carbocycles. The predicted molar refractivity (Wildman–Crippen MR) is 232 cm³/mol. The summed E-state index contributed by atoms with van der Waals surface area (Å²) >= 11 is 0. The van der Waals surface area contributed by atoms with E-state index in [0.717, 1.165) is 22.3 Å². The van der Waals surface area contributed by atoms with E-state index in [1.54, 1.807) is 0 Å². The van der Waals surface area contributed by atoms with Crippen molar-refractivity contribution in [2.75, 3.05) is 0 Å². The maximum absolute atomic E-state index is 5.31. The summed E-state index contributed by atoms with van der Waals surface area (Å²) < 4.78 is 0. The summed E-state index contributed by atoms with van der Waals surface area (Å²) in [6.07, 6.45) is 0. The van der Waals surface area contributed by atoms with Crippen molar-refractivity contribution in [2.45, 2.75) is 12.3 Å². The molecule has 10 aromatic rings. The van der Waals surface area contributed by atoms with Gasteiger partial charge in [-0.1, -0.05) is 188 Å². The molecule has 1 unspecified atom stereocenters. The van der Waals surface area contributed by atoms with Crippen LogP contribution in [0, 0.1) is 0 Å². The highest BCUT2D eigenvalue weighted by Gasteiger charge is 2.43. The SMILES string of the molecule is CC1(c2ccccc2)c2ccccc2-c2cccc(-c3nc(-c4ccccc4)nc(-c4ccc(-c5c6ccccc6cc6c5ccc5ccccc56)cc4)n3)c21. The first-order valence-electron chi connectivity index (χ1n) is 19.2. The molecule has 0 amide bonds. The van der Waals surface area contributed by atoms with Crippen molar-refractivity contribution >= 4 is 32.3 Å². The maximum atomic E-state index is 5.31. The predicted octanol–water partition coefficient (Wildman–Crippen LogP) is 13.3. The summed E-state index contributed by atoms with van der Waals surface area (Å²) in [6.45, 7) is 2.34. The number of fused-ring (bicyclic) bond motifs is 7. The van der Waals surface area contributed by atoms with Crippen LogP contribution in [-0.2, 0) is 5.41 Å². The van der Waals surface area contributed by atoms with Gasteiger partial charge in [-0.25, -0.2) is 15.0 Å². The molecule has 1 aliphatic rings. The van der Waals surface area contributed by atoms with Crippen LogP contribution in [0.5, 0.6) is 0 Å². The zero-order valence-electron chi connectivity index (χ0n) is 30.8. The maximum Gasteiger partial charge on any atom is 0.164 e. The van der Waals surface area contributed by atoms with E-state index in [1.807, 2.05) is 18.2 Å². The Balaban J connectivity index is 1.10. The Morgan fingerprint density at radius 3 is 1.71 bits per heavy atom. The van der Waals surface area contributed by atoms with Gasteiger partial charge in [-0.2, -0.15) is 0 Å². The summed E-state index contributed by atoms with van der Waals surface area (Å²) in [6, 6.07) is 69.4. The van der Waals surface area contributed by atoms with E-state index >= 15 is 0 Å². The molecule has 0 saturated heterocycles. The van der Waals surface area contributed by atoms with Crippen molar-refractivity contribution in [2.24, 2.45) is 0 Å². The van der Waals surface area contributed by atoms with Crippen LogP contribution in [0.4, 0.5) is 0 Å². The summed E-state index contributed by atoms with van der Waals surface area (Å²) in [5, 5.41) is 7.47. The molecule has 1 heterocycles. The zero-order chi connectivity index (χ0) is 37.2. The lowest BCUT2D eigenvalue weighted by atomic mass is 9.72. The lowest BCUT2D eigenvalue weighted by molar-refractivity contribution is 0.714. The van der Waals surface area contributed by atoms with E-state index in [9.17, 15) is 0 Å².